The van der Waals surface area contributed by atoms with Crippen molar-refractivity contribution in [3.63, 3.8) is 0 Å². The van der Waals surface area contributed by atoms with E-state index < -0.39 is 0 Å². The second-order valence-corrected chi connectivity index (χ2v) is 6.08. The van der Waals surface area contributed by atoms with Crippen LogP contribution in [0.1, 0.15) is 42.9 Å². The summed E-state index contributed by atoms with van der Waals surface area (Å²) in [7, 11) is 0. The van der Waals surface area contributed by atoms with Crippen molar-refractivity contribution in [2.45, 2.75) is 32.6 Å². The summed E-state index contributed by atoms with van der Waals surface area (Å²) in [5.41, 5.74) is 7.13. The number of hydrogen-bond acceptors (Lipinski definition) is 2. The summed E-state index contributed by atoms with van der Waals surface area (Å²) >= 11 is 0. The quantitative estimate of drug-likeness (QED) is 0.661. The Bertz CT molecular complexity index is 704. The molecule has 3 heteroatoms. The van der Waals surface area contributed by atoms with Gasteiger partial charge in [-0.25, -0.2) is 5.43 Å². The number of hydrazone groups is 1. The van der Waals surface area contributed by atoms with Crippen LogP contribution in [0.15, 0.2) is 59.7 Å². The molecule has 2 atom stereocenters. The van der Waals surface area contributed by atoms with Crippen molar-refractivity contribution in [2.75, 3.05) is 0 Å². The van der Waals surface area contributed by atoms with E-state index in [0.717, 1.165) is 24.1 Å². The van der Waals surface area contributed by atoms with Gasteiger partial charge in [0.25, 0.3) is 0 Å². The molecule has 2 aromatic carbocycles. The van der Waals surface area contributed by atoms with Gasteiger partial charge in [0, 0.05) is 5.92 Å². The normalized spacial score (nSPS) is 20.2. The van der Waals surface area contributed by atoms with Gasteiger partial charge in [-0.3, -0.25) is 4.79 Å². The van der Waals surface area contributed by atoms with E-state index in [-0.39, 0.29) is 11.8 Å². The molecule has 1 aliphatic carbocycles. The number of hydrogen-bond donors (Lipinski definition) is 1. The first-order chi connectivity index (χ1) is 11.2. The monoisotopic (exact) mass is 306 g/mol. The fourth-order valence-corrected chi connectivity index (χ4v) is 2.82. The van der Waals surface area contributed by atoms with E-state index >= 15 is 0 Å². The minimum atomic E-state index is 0.0170. The molecule has 118 valence electrons. The first-order valence-electron chi connectivity index (χ1n) is 8.17. The van der Waals surface area contributed by atoms with Crippen molar-refractivity contribution >= 4 is 11.6 Å². The van der Waals surface area contributed by atoms with Crippen molar-refractivity contribution in [2.24, 2.45) is 11.0 Å². The fraction of sp³-hybridized carbons (Fsp3) is 0.300. The van der Waals surface area contributed by atoms with E-state index in [1.807, 2.05) is 37.3 Å². The Morgan fingerprint density at radius 3 is 2.48 bits per heavy atom. The maximum absolute atomic E-state index is 12.2. The highest BCUT2D eigenvalue weighted by molar-refractivity contribution is 5.99. The van der Waals surface area contributed by atoms with Crippen LogP contribution in [0, 0.1) is 5.92 Å². The van der Waals surface area contributed by atoms with Crippen molar-refractivity contribution in [3.05, 3.63) is 71.3 Å². The van der Waals surface area contributed by atoms with Crippen LogP contribution in [-0.2, 0) is 11.2 Å². The summed E-state index contributed by atoms with van der Waals surface area (Å²) < 4.78 is 0. The first-order valence-corrected chi connectivity index (χ1v) is 8.17. The van der Waals surface area contributed by atoms with Crippen LogP contribution in [0.5, 0.6) is 0 Å². The minimum absolute atomic E-state index is 0.0170. The van der Waals surface area contributed by atoms with Crippen LogP contribution in [0.3, 0.4) is 0 Å². The van der Waals surface area contributed by atoms with Gasteiger partial charge in [-0.2, -0.15) is 5.10 Å². The Labute approximate surface area is 137 Å². The number of nitrogens with one attached hydrogen (secondary N) is 1. The summed E-state index contributed by atoms with van der Waals surface area (Å²) in [4.78, 5) is 12.2. The van der Waals surface area contributed by atoms with Crippen molar-refractivity contribution in [1.29, 1.82) is 0 Å². The predicted molar refractivity (Wildman–Crippen MR) is 93.5 cm³/mol. The maximum atomic E-state index is 12.2. The second kappa shape index (κ2) is 6.78. The summed E-state index contributed by atoms with van der Waals surface area (Å²) in [6.07, 6.45) is 1.94. The lowest BCUT2D eigenvalue weighted by molar-refractivity contribution is -0.122. The van der Waals surface area contributed by atoms with Gasteiger partial charge in [0.05, 0.1) is 5.71 Å². The van der Waals surface area contributed by atoms with Crippen molar-refractivity contribution in [3.8, 4) is 0 Å². The van der Waals surface area contributed by atoms with Crippen LogP contribution in [0.25, 0.3) is 0 Å². The van der Waals surface area contributed by atoms with Crippen LogP contribution in [0.4, 0.5) is 0 Å². The van der Waals surface area contributed by atoms with Gasteiger partial charge < -0.3 is 0 Å². The zero-order valence-electron chi connectivity index (χ0n) is 13.6. The third-order valence-electron chi connectivity index (χ3n) is 4.47. The molecule has 1 aliphatic rings. The molecular weight excluding hydrogens is 284 g/mol. The van der Waals surface area contributed by atoms with Gasteiger partial charge in [-0.1, -0.05) is 61.5 Å². The Hall–Kier alpha value is -2.42. The zero-order valence-corrected chi connectivity index (χ0v) is 13.6. The van der Waals surface area contributed by atoms with E-state index in [9.17, 15) is 4.79 Å². The van der Waals surface area contributed by atoms with Crippen LogP contribution < -0.4 is 5.43 Å². The van der Waals surface area contributed by atoms with Gasteiger partial charge in [0.2, 0.25) is 5.91 Å². The van der Waals surface area contributed by atoms with Crippen LogP contribution in [0.2, 0.25) is 0 Å². The molecule has 0 heterocycles. The fourth-order valence-electron chi connectivity index (χ4n) is 2.82. The second-order valence-electron chi connectivity index (χ2n) is 6.08. The largest absolute Gasteiger partial charge is 0.273 e. The molecule has 3 rings (SSSR count). The van der Waals surface area contributed by atoms with Gasteiger partial charge in [-0.15, -0.1) is 0 Å². The predicted octanol–water partition coefficient (Wildman–Crippen LogP) is 3.89. The first kappa shape index (κ1) is 15.5. The molecule has 3 nitrogen and oxygen atoms in total. The average molecular weight is 306 g/mol. The highest BCUT2D eigenvalue weighted by Crippen LogP contribution is 2.47. The maximum Gasteiger partial charge on any atom is 0.243 e. The number of carbonyl (C=O) groups is 1. The molecule has 0 saturated heterocycles. The van der Waals surface area contributed by atoms with Crippen molar-refractivity contribution < 1.29 is 4.79 Å². The van der Waals surface area contributed by atoms with E-state index in [1.54, 1.807) is 0 Å². The highest BCUT2D eigenvalue weighted by Gasteiger charge is 2.43. The Morgan fingerprint density at radius 2 is 1.83 bits per heavy atom. The number of rotatable bonds is 5. The Morgan fingerprint density at radius 1 is 1.13 bits per heavy atom. The molecule has 1 amide bonds. The molecule has 2 unspecified atom stereocenters. The van der Waals surface area contributed by atoms with Gasteiger partial charge in [0.1, 0.15) is 0 Å². The SMILES string of the molecule is CCc1ccc(/C(C)=N\NC(=O)C2CC2c2ccccc2)cc1. The lowest BCUT2D eigenvalue weighted by atomic mass is 10.1. The van der Waals surface area contributed by atoms with Gasteiger partial charge in [0.15, 0.2) is 0 Å². The standard InChI is InChI=1S/C20H22N2O/c1-3-15-9-11-16(12-10-15)14(2)21-22-20(23)19-13-18(19)17-7-5-4-6-8-17/h4-12,18-19H,3,13H2,1-2H3,(H,22,23)/b21-14-. The third kappa shape index (κ3) is 3.67. The van der Waals surface area contributed by atoms with Gasteiger partial charge in [-0.05, 0) is 42.4 Å². The summed E-state index contributed by atoms with van der Waals surface area (Å²) in [6, 6.07) is 18.5. The van der Waals surface area contributed by atoms with Crippen molar-refractivity contribution in [1.82, 2.24) is 5.43 Å². The molecule has 0 aliphatic heterocycles. The Kier molecular flexibility index (Phi) is 4.56. The lowest BCUT2D eigenvalue weighted by Gasteiger charge is -2.04. The smallest absolute Gasteiger partial charge is 0.243 e. The number of carbonyl (C=O) groups excluding carboxylic acids is 1. The molecule has 0 radical (unpaired) electrons. The third-order valence-corrected chi connectivity index (χ3v) is 4.47. The average Bonchev–Trinajstić information content (AvgIpc) is 3.41. The molecule has 0 bridgehead atoms. The van der Waals surface area contributed by atoms with Crippen LogP contribution in [-0.4, -0.2) is 11.6 Å². The molecular formula is C20H22N2O. The zero-order chi connectivity index (χ0) is 16.2. The minimum Gasteiger partial charge on any atom is -0.273 e. The molecule has 2 aromatic rings. The summed E-state index contributed by atoms with van der Waals surface area (Å²) in [5, 5.41) is 4.26. The lowest BCUT2D eigenvalue weighted by Crippen LogP contribution is -2.21. The van der Waals surface area contributed by atoms with Gasteiger partial charge >= 0.3 is 0 Å². The number of nitrogens with zero attached hydrogens (tertiary/aromatic N) is 1. The topological polar surface area (TPSA) is 41.5 Å². The summed E-state index contributed by atoms with van der Waals surface area (Å²) in [6.45, 7) is 4.05. The van der Waals surface area contributed by atoms with E-state index in [4.69, 9.17) is 0 Å². The molecule has 0 aromatic heterocycles. The highest BCUT2D eigenvalue weighted by atomic mass is 16.2. The Balaban J connectivity index is 1.58. The van der Waals surface area contributed by atoms with E-state index in [1.165, 1.54) is 11.1 Å². The van der Waals surface area contributed by atoms with E-state index in [0.29, 0.717) is 5.92 Å². The number of aryl methyl sites for hydroxylation is 1. The molecule has 1 saturated carbocycles. The molecule has 0 spiro atoms. The molecule has 1 fully saturated rings. The summed E-state index contributed by atoms with van der Waals surface area (Å²) in [5.74, 6) is 0.412. The number of amides is 1. The molecule has 1 N–H and O–H groups in total. The van der Waals surface area contributed by atoms with Crippen LogP contribution >= 0.6 is 0 Å². The molecule has 23 heavy (non-hydrogen) atoms. The van der Waals surface area contributed by atoms with E-state index in [2.05, 4.69) is 41.7 Å². The number of benzene rings is 2.